The van der Waals surface area contributed by atoms with Gasteiger partial charge in [-0.15, -0.1) is 0 Å². The van der Waals surface area contributed by atoms with Crippen LogP contribution in [-0.4, -0.2) is 53.8 Å². The second kappa shape index (κ2) is 7.23. The van der Waals surface area contributed by atoms with Crippen molar-refractivity contribution in [3.05, 3.63) is 24.2 Å². The summed E-state index contributed by atoms with van der Waals surface area (Å²) in [6, 6.07) is 0.327. The van der Waals surface area contributed by atoms with Gasteiger partial charge in [-0.1, -0.05) is 20.8 Å². The van der Waals surface area contributed by atoms with Crippen LogP contribution in [0.4, 0.5) is 0 Å². The second-order valence-electron chi connectivity index (χ2n) is 8.24. The van der Waals surface area contributed by atoms with Crippen LogP contribution in [-0.2, 0) is 14.3 Å². The average molecular weight is 362 g/mol. The van der Waals surface area contributed by atoms with Crippen molar-refractivity contribution in [3.8, 4) is 0 Å². The number of likely N-dealkylation sites (tertiary alicyclic amines) is 1. The Morgan fingerprint density at radius 2 is 2.15 bits per heavy atom. The van der Waals surface area contributed by atoms with Gasteiger partial charge in [-0.2, -0.15) is 0 Å². The lowest BCUT2D eigenvalue weighted by atomic mass is 9.86. The minimum Gasteiger partial charge on any atom is -0.472 e. The van der Waals surface area contributed by atoms with E-state index in [4.69, 9.17) is 9.15 Å². The molecular formula is C19H26N2O5. The Hall–Kier alpha value is -2.15. The zero-order valence-corrected chi connectivity index (χ0v) is 15.5. The van der Waals surface area contributed by atoms with E-state index in [1.54, 1.807) is 11.0 Å². The lowest BCUT2D eigenvalue weighted by molar-refractivity contribution is -0.143. The van der Waals surface area contributed by atoms with Crippen LogP contribution in [0.1, 0.15) is 50.4 Å². The molecule has 0 saturated carbocycles. The molecule has 0 radical (unpaired) electrons. The molecule has 2 fully saturated rings. The molecule has 0 bridgehead atoms. The van der Waals surface area contributed by atoms with Gasteiger partial charge in [0.25, 0.3) is 5.91 Å². The highest BCUT2D eigenvalue weighted by Gasteiger charge is 2.46. The molecule has 7 nitrogen and oxygen atoms in total. The maximum Gasteiger partial charge on any atom is 0.255 e. The SMILES string of the molecule is CC(C)(C)C[C@H](NC(=O)c1ccoc1)C(=O)N1CCC[C@H]2OCC(=O)[C@H]21. The van der Waals surface area contributed by atoms with E-state index < -0.39 is 12.1 Å². The fourth-order valence-electron chi connectivity index (χ4n) is 3.69. The normalized spacial score (nSPS) is 24.3. The van der Waals surface area contributed by atoms with Crippen LogP contribution >= 0.6 is 0 Å². The Bertz CT molecular complexity index is 677. The molecule has 0 aromatic carbocycles. The molecule has 26 heavy (non-hydrogen) atoms. The van der Waals surface area contributed by atoms with E-state index in [0.717, 1.165) is 12.8 Å². The Balaban J connectivity index is 1.79. The number of nitrogens with one attached hydrogen (secondary N) is 1. The van der Waals surface area contributed by atoms with Crippen LogP contribution in [0.3, 0.4) is 0 Å². The van der Waals surface area contributed by atoms with Gasteiger partial charge in [0.2, 0.25) is 5.91 Å². The molecule has 142 valence electrons. The van der Waals surface area contributed by atoms with Crippen molar-refractivity contribution in [2.75, 3.05) is 13.2 Å². The molecule has 2 aliphatic heterocycles. The van der Waals surface area contributed by atoms with Crippen LogP contribution in [0, 0.1) is 5.41 Å². The van der Waals surface area contributed by atoms with Crippen molar-refractivity contribution in [1.29, 1.82) is 0 Å². The summed E-state index contributed by atoms with van der Waals surface area (Å²) in [5, 5.41) is 2.83. The van der Waals surface area contributed by atoms with Gasteiger partial charge < -0.3 is 19.4 Å². The van der Waals surface area contributed by atoms with Crippen molar-refractivity contribution in [3.63, 3.8) is 0 Å². The number of carbonyl (C=O) groups is 3. The molecule has 1 aromatic rings. The monoisotopic (exact) mass is 362 g/mol. The first-order valence-corrected chi connectivity index (χ1v) is 9.04. The highest BCUT2D eigenvalue weighted by atomic mass is 16.5. The summed E-state index contributed by atoms with van der Waals surface area (Å²) in [5.41, 5.74) is 0.198. The Labute approximate surface area is 153 Å². The fraction of sp³-hybridized carbons (Fsp3) is 0.632. The number of Topliss-reactive ketones (excluding diaryl/α,β-unsaturated/α-hetero) is 1. The number of rotatable bonds is 4. The van der Waals surface area contributed by atoms with Gasteiger partial charge in [0.1, 0.15) is 25.0 Å². The zero-order valence-electron chi connectivity index (χ0n) is 15.5. The fourth-order valence-corrected chi connectivity index (χ4v) is 3.69. The number of piperidine rings is 1. The highest BCUT2D eigenvalue weighted by Crippen LogP contribution is 2.29. The third-order valence-electron chi connectivity index (χ3n) is 4.83. The van der Waals surface area contributed by atoms with Gasteiger partial charge in [-0.25, -0.2) is 0 Å². The third-order valence-corrected chi connectivity index (χ3v) is 4.83. The number of nitrogens with zero attached hydrogens (tertiary/aromatic N) is 1. The molecule has 0 spiro atoms. The average Bonchev–Trinajstić information content (AvgIpc) is 3.22. The van der Waals surface area contributed by atoms with E-state index in [1.165, 1.54) is 12.5 Å². The maximum atomic E-state index is 13.2. The molecule has 2 amide bonds. The van der Waals surface area contributed by atoms with E-state index in [9.17, 15) is 14.4 Å². The van der Waals surface area contributed by atoms with Crippen molar-refractivity contribution < 1.29 is 23.5 Å². The predicted octanol–water partition coefficient (Wildman–Crippen LogP) is 1.77. The van der Waals surface area contributed by atoms with E-state index >= 15 is 0 Å². The summed E-state index contributed by atoms with van der Waals surface area (Å²) in [6.07, 6.45) is 4.58. The topological polar surface area (TPSA) is 88.8 Å². The van der Waals surface area contributed by atoms with E-state index in [-0.39, 0.29) is 35.7 Å². The van der Waals surface area contributed by atoms with Crippen molar-refractivity contribution >= 4 is 17.6 Å². The molecule has 0 unspecified atom stereocenters. The molecular weight excluding hydrogens is 336 g/mol. The van der Waals surface area contributed by atoms with Gasteiger partial charge in [0.05, 0.1) is 17.9 Å². The van der Waals surface area contributed by atoms with Crippen LogP contribution in [0.2, 0.25) is 0 Å². The Kier molecular flexibility index (Phi) is 5.18. The van der Waals surface area contributed by atoms with Crippen LogP contribution in [0.25, 0.3) is 0 Å². The number of ether oxygens (including phenoxy) is 1. The molecule has 1 N–H and O–H groups in total. The highest BCUT2D eigenvalue weighted by molar-refractivity contribution is 5.98. The number of hydrogen-bond acceptors (Lipinski definition) is 5. The number of fused-ring (bicyclic) bond motifs is 1. The lowest BCUT2D eigenvalue weighted by Gasteiger charge is -2.38. The van der Waals surface area contributed by atoms with Crippen LogP contribution in [0.15, 0.2) is 23.0 Å². The van der Waals surface area contributed by atoms with Gasteiger partial charge in [-0.3, -0.25) is 14.4 Å². The zero-order chi connectivity index (χ0) is 18.9. The van der Waals surface area contributed by atoms with Gasteiger partial charge >= 0.3 is 0 Å². The summed E-state index contributed by atoms with van der Waals surface area (Å²) >= 11 is 0. The van der Waals surface area contributed by atoms with E-state index in [2.05, 4.69) is 5.32 Å². The second-order valence-corrected chi connectivity index (χ2v) is 8.24. The number of hydrogen-bond donors (Lipinski definition) is 1. The summed E-state index contributed by atoms with van der Waals surface area (Å²) in [6.45, 7) is 6.61. The molecule has 3 heterocycles. The molecule has 0 aliphatic carbocycles. The van der Waals surface area contributed by atoms with Crippen LogP contribution in [0.5, 0.6) is 0 Å². The Morgan fingerprint density at radius 1 is 1.38 bits per heavy atom. The number of ketones is 1. The molecule has 2 aliphatic rings. The number of amides is 2. The molecule has 2 saturated heterocycles. The van der Waals surface area contributed by atoms with Crippen molar-refractivity contribution in [2.45, 2.75) is 58.2 Å². The summed E-state index contributed by atoms with van der Waals surface area (Å²) < 4.78 is 10.5. The van der Waals surface area contributed by atoms with Gasteiger partial charge in [0.15, 0.2) is 5.78 Å². The van der Waals surface area contributed by atoms with Gasteiger partial charge in [0, 0.05) is 6.54 Å². The molecule has 3 rings (SSSR count). The minimum absolute atomic E-state index is 0.0567. The summed E-state index contributed by atoms with van der Waals surface area (Å²) in [4.78, 5) is 39.5. The van der Waals surface area contributed by atoms with Crippen LogP contribution < -0.4 is 5.32 Å². The van der Waals surface area contributed by atoms with Gasteiger partial charge in [-0.05, 0) is 30.7 Å². The molecule has 1 aromatic heterocycles. The maximum absolute atomic E-state index is 13.2. The van der Waals surface area contributed by atoms with E-state index in [1.807, 2.05) is 20.8 Å². The first-order chi connectivity index (χ1) is 12.3. The number of carbonyl (C=O) groups excluding carboxylic acids is 3. The molecule has 3 atom stereocenters. The number of furan rings is 1. The summed E-state index contributed by atoms with van der Waals surface area (Å²) in [5.74, 6) is -0.632. The van der Waals surface area contributed by atoms with E-state index in [0.29, 0.717) is 18.5 Å². The predicted molar refractivity (Wildman–Crippen MR) is 93.5 cm³/mol. The first kappa shape index (κ1) is 18.6. The third kappa shape index (κ3) is 3.98. The largest absolute Gasteiger partial charge is 0.472 e. The summed E-state index contributed by atoms with van der Waals surface area (Å²) in [7, 11) is 0. The Morgan fingerprint density at radius 3 is 2.81 bits per heavy atom. The van der Waals surface area contributed by atoms with Crippen molar-refractivity contribution in [2.24, 2.45) is 5.41 Å². The standard InChI is InChI=1S/C19H26N2O5/c1-19(2,3)9-13(20-17(23)12-6-8-25-10-12)18(24)21-7-4-5-15-16(21)14(22)11-26-15/h6,8,10,13,15-16H,4-5,7,9,11H2,1-3H3,(H,20,23)/t13-,15+,16+/m0/s1. The smallest absolute Gasteiger partial charge is 0.255 e. The minimum atomic E-state index is -0.704. The first-order valence-electron chi connectivity index (χ1n) is 9.04. The molecule has 7 heteroatoms. The lowest BCUT2D eigenvalue weighted by Crippen LogP contribution is -2.58. The van der Waals surface area contributed by atoms with Crippen molar-refractivity contribution in [1.82, 2.24) is 10.2 Å². The quantitative estimate of drug-likeness (QED) is 0.882.